The van der Waals surface area contributed by atoms with Gasteiger partial charge >= 0.3 is 0 Å². The minimum Gasteiger partial charge on any atom is -0.321 e. The summed E-state index contributed by atoms with van der Waals surface area (Å²) < 4.78 is 0. The predicted octanol–water partition coefficient (Wildman–Crippen LogP) is 3.22. The van der Waals surface area contributed by atoms with Crippen molar-refractivity contribution in [2.45, 2.75) is 6.42 Å². The normalized spacial score (nSPS) is 12.8. The van der Waals surface area contributed by atoms with Crippen LogP contribution in [0.25, 0.3) is 10.8 Å². The minimum atomic E-state index is -0.113. The zero-order valence-corrected chi connectivity index (χ0v) is 10.3. The Kier molecular flexibility index (Phi) is 2.56. The van der Waals surface area contributed by atoms with E-state index in [-0.39, 0.29) is 11.7 Å². The summed E-state index contributed by atoms with van der Waals surface area (Å²) in [6.45, 7) is 0. The van der Waals surface area contributed by atoms with E-state index >= 15 is 0 Å². The van der Waals surface area contributed by atoms with Gasteiger partial charge in [-0.1, -0.05) is 12.1 Å². The second-order valence-corrected chi connectivity index (χ2v) is 4.58. The van der Waals surface area contributed by atoms with Crippen LogP contribution in [0.3, 0.4) is 0 Å². The van der Waals surface area contributed by atoms with E-state index in [0.717, 1.165) is 16.5 Å². The first-order chi connectivity index (χ1) is 8.72. The van der Waals surface area contributed by atoms with Gasteiger partial charge in [0.15, 0.2) is 5.78 Å². The molecule has 2 aromatic rings. The summed E-state index contributed by atoms with van der Waals surface area (Å²) in [5, 5.41) is 4.45. The second-order valence-electron chi connectivity index (χ2n) is 4.21. The fourth-order valence-electron chi connectivity index (χ4n) is 2.35. The number of ketones is 1. The number of carbonyl (C=O) groups is 2. The van der Waals surface area contributed by atoms with Gasteiger partial charge in [0.1, 0.15) is 0 Å². The summed E-state index contributed by atoms with van der Waals surface area (Å²) in [6, 6.07) is 8.96. The number of benzene rings is 2. The van der Waals surface area contributed by atoms with Crippen LogP contribution in [0.5, 0.6) is 0 Å². The highest BCUT2D eigenvalue weighted by atomic mass is 35.5. The van der Waals surface area contributed by atoms with Crippen molar-refractivity contribution in [3.05, 3.63) is 41.5 Å². The summed E-state index contributed by atoms with van der Waals surface area (Å²) in [5.74, 6) is 0.199. The lowest BCUT2D eigenvalue weighted by Gasteiger charge is -2.06. The molecule has 0 spiro atoms. The third-order valence-corrected chi connectivity index (χ3v) is 3.34. The molecule has 1 aliphatic rings. The smallest absolute Gasteiger partial charge is 0.256 e. The Morgan fingerprint density at radius 3 is 2.83 bits per heavy atom. The zero-order chi connectivity index (χ0) is 12.7. The quantitative estimate of drug-likeness (QED) is 0.680. The van der Waals surface area contributed by atoms with Gasteiger partial charge in [0.2, 0.25) is 0 Å². The lowest BCUT2D eigenvalue weighted by atomic mass is 9.97. The van der Waals surface area contributed by atoms with Gasteiger partial charge in [-0.3, -0.25) is 9.59 Å². The molecule has 0 aliphatic carbocycles. The number of hydrogen-bond acceptors (Lipinski definition) is 2. The summed E-state index contributed by atoms with van der Waals surface area (Å²) in [5.41, 5.74) is 2.03. The van der Waals surface area contributed by atoms with E-state index in [2.05, 4.69) is 5.32 Å². The van der Waals surface area contributed by atoms with E-state index in [0.29, 0.717) is 23.4 Å². The van der Waals surface area contributed by atoms with Crippen LogP contribution in [0.15, 0.2) is 30.3 Å². The molecule has 90 valence electrons. The van der Waals surface area contributed by atoms with Crippen molar-refractivity contribution in [2.75, 3.05) is 11.2 Å². The molecule has 0 unspecified atom stereocenters. The van der Waals surface area contributed by atoms with Gasteiger partial charge in [0.05, 0.1) is 0 Å². The topological polar surface area (TPSA) is 46.2 Å². The monoisotopic (exact) mass is 259 g/mol. The van der Waals surface area contributed by atoms with E-state index in [1.54, 1.807) is 24.3 Å². The van der Waals surface area contributed by atoms with Crippen LogP contribution < -0.4 is 5.32 Å². The Labute approximate surface area is 109 Å². The molecule has 1 amide bonds. The van der Waals surface area contributed by atoms with E-state index in [1.807, 2.05) is 6.07 Å². The van der Waals surface area contributed by atoms with Gasteiger partial charge in [-0.05, 0) is 23.6 Å². The molecule has 1 heterocycles. The Bertz CT molecular complexity index is 679. The number of carbonyl (C=O) groups excluding carboxylic acids is 2. The first-order valence-electron chi connectivity index (χ1n) is 5.68. The Morgan fingerprint density at radius 2 is 2.06 bits per heavy atom. The highest BCUT2D eigenvalue weighted by molar-refractivity contribution is 6.27. The summed E-state index contributed by atoms with van der Waals surface area (Å²) in [7, 11) is 0. The predicted molar refractivity (Wildman–Crippen MR) is 71.6 cm³/mol. The Hall–Kier alpha value is -1.87. The number of alkyl halides is 1. The average Bonchev–Trinajstić information content (AvgIpc) is 2.69. The lowest BCUT2D eigenvalue weighted by molar-refractivity contribution is 0.0989. The fourth-order valence-corrected chi connectivity index (χ4v) is 2.53. The SMILES string of the molecule is O=C(CCCl)c1ccc2c3c(cccc13)C(=O)N2. The third-order valence-electron chi connectivity index (χ3n) is 3.16. The maximum Gasteiger partial charge on any atom is 0.256 e. The van der Waals surface area contributed by atoms with Crippen molar-refractivity contribution in [3.63, 3.8) is 0 Å². The molecule has 0 saturated carbocycles. The van der Waals surface area contributed by atoms with E-state index < -0.39 is 0 Å². The molecule has 1 aliphatic heterocycles. The van der Waals surface area contributed by atoms with Crippen LogP contribution >= 0.6 is 11.6 Å². The molecule has 18 heavy (non-hydrogen) atoms. The molecular formula is C14H10ClNO2. The molecular weight excluding hydrogens is 250 g/mol. The van der Waals surface area contributed by atoms with Crippen LogP contribution in [0, 0.1) is 0 Å². The van der Waals surface area contributed by atoms with Crippen molar-refractivity contribution in [1.82, 2.24) is 0 Å². The molecule has 3 nitrogen and oxygen atoms in total. The highest BCUT2D eigenvalue weighted by Gasteiger charge is 2.23. The van der Waals surface area contributed by atoms with Crippen LogP contribution in [0.1, 0.15) is 27.1 Å². The average molecular weight is 260 g/mol. The van der Waals surface area contributed by atoms with Crippen molar-refractivity contribution in [2.24, 2.45) is 0 Å². The van der Waals surface area contributed by atoms with Gasteiger partial charge < -0.3 is 5.32 Å². The fraction of sp³-hybridized carbons (Fsp3) is 0.143. The Morgan fingerprint density at radius 1 is 1.22 bits per heavy atom. The molecule has 4 heteroatoms. The minimum absolute atomic E-state index is 0.00745. The highest BCUT2D eigenvalue weighted by Crippen LogP contribution is 2.35. The number of rotatable bonds is 3. The molecule has 1 N–H and O–H groups in total. The molecule has 2 aromatic carbocycles. The molecule has 3 rings (SSSR count). The van der Waals surface area contributed by atoms with Crippen molar-refractivity contribution >= 4 is 39.8 Å². The van der Waals surface area contributed by atoms with Gasteiger partial charge in [-0.15, -0.1) is 11.6 Å². The van der Waals surface area contributed by atoms with Gasteiger partial charge in [-0.2, -0.15) is 0 Å². The van der Waals surface area contributed by atoms with Gasteiger partial charge in [-0.25, -0.2) is 0 Å². The van der Waals surface area contributed by atoms with Crippen molar-refractivity contribution in [3.8, 4) is 0 Å². The first kappa shape index (κ1) is 11.2. The number of Topliss-reactive ketones (excluding diaryl/α,β-unsaturated/α-hetero) is 1. The number of halogens is 1. The van der Waals surface area contributed by atoms with Crippen LogP contribution in [0.4, 0.5) is 5.69 Å². The third kappa shape index (κ3) is 1.51. The largest absolute Gasteiger partial charge is 0.321 e. The first-order valence-corrected chi connectivity index (χ1v) is 6.22. The Balaban J connectivity index is 2.29. The van der Waals surface area contributed by atoms with Crippen LogP contribution in [-0.2, 0) is 0 Å². The number of hydrogen-bond donors (Lipinski definition) is 1. The number of anilines is 1. The van der Waals surface area contributed by atoms with E-state index in [4.69, 9.17) is 11.6 Å². The van der Waals surface area contributed by atoms with E-state index in [1.165, 1.54) is 0 Å². The number of nitrogens with one attached hydrogen (secondary N) is 1. The summed E-state index contributed by atoms with van der Waals surface area (Å²) >= 11 is 5.61. The maximum atomic E-state index is 12.0. The number of amides is 1. The maximum absolute atomic E-state index is 12.0. The molecule has 0 bridgehead atoms. The standard InChI is InChI=1S/C14H10ClNO2/c15-7-6-12(17)8-4-5-11-13-9(8)2-1-3-10(13)14(18)16-11/h1-5H,6-7H2,(H,16,18). The van der Waals surface area contributed by atoms with Crippen LogP contribution in [0.2, 0.25) is 0 Å². The van der Waals surface area contributed by atoms with Gasteiger partial charge in [0, 0.05) is 34.5 Å². The molecule has 0 radical (unpaired) electrons. The summed E-state index contributed by atoms with van der Waals surface area (Å²) in [4.78, 5) is 23.7. The van der Waals surface area contributed by atoms with Crippen molar-refractivity contribution < 1.29 is 9.59 Å². The molecule has 0 fully saturated rings. The second kappa shape index (κ2) is 4.10. The zero-order valence-electron chi connectivity index (χ0n) is 9.50. The summed E-state index contributed by atoms with van der Waals surface area (Å²) in [6.07, 6.45) is 0.307. The lowest BCUT2D eigenvalue weighted by Crippen LogP contribution is -2.03. The van der Waals surface area contributed by atoms with Gasteiger partial charge in [0.25, 0.3) is 5.91 Å². The molecule has 0 atom stereocenters. The molecule has 0 saturated heterocycles. The van der Waals surface area contributed by atoms with Crippen molar-refractivity contribution in [1.29, 1.82) is 0 Å². The van der Waals surface area contributed by atoms with Crippen LogP contribution in [-0.4, -0.2) is 17.6 Å². The van der Waals surface area contributed by atoms with E-state index in [9.17, 15) is 9.59 Å². The molecule has 0 aromatic heterocycles.